The summed E-state index contributed by atoms with van der Waals surface area (Å²) in [5.41, 5.74) is 6.89. The van der Waals surface area contributed by atoms with Gasteiger partial charge < -0.3 is 16.4 Å². The average Bonchev–Trinajstić information content (AvgIpc) is 2.85. The first kappa shape index (κ1) is 14.3. The van der Waals surface area contributed by atoms with Crippen LogP contribution in [-0.2, 0) is 4.79 Å². The molecule has 20 heavy (non-hydrogen) atoms. The minimum Gasteiger partial charge on any atom is -0.336 e. The van der Waals surface area contributed by atoms with Gasteiger partial charge in [0.05, 0.1) is 0 Å². The van der Waals surface area contributed by atoms with E-state index in [9.17, 15) is 9.59 Å². The van der Waals surface area contributed by atoms with Crippen LogP contribution < -0.4 is 21.3 Å². The van der Waals surface area contributed by atoms with Gasteiger partial charge in [0.1, 0.15) is 0 Å². The van der Waals surface area contributed by atoms with Crippen LogP contribution in [-0.4, -0.2) is 31.6 Å². The number of hydrogen-bond donors (Lipinski definition) is 3. The number of rotatable bonds is 6. The highest BCUT2D eigenvalue weighted by molar-refractivity contribution is 5.96. The summed E-state index contributed by atoms with van der Waals surface area (Å²) in [5.74, 6) is -0.0264. The predicted octanol–water partition coefficient (Wildman–Crippen LogP) is 1.28. The first-order valence-electron chi connectivity index (χ1n) is 6.86. The molecule has 0 saturated carbocycles. The summed E-state index contributed by atoms with van der Waals surface area (Å²) in [4.78, 5) is 25.0. The number of urea groups is 1. The van der Waals surface area contributed by atoms with Gasteiger partial charge >= 0.3 is 6.03 Å². The fraction of sp³-hybridized carbons (Fsp3) is 0.429. The Morgan fingerprint density at radius 1 is 1.40 bits per heavy atom. The zero-order valence-electron chi connectivity index (χ0n) is 11.4. The van der Waals surface area contributed by atoms with Crippen LogP contribution in [0.3, 0.4) is 0 Å². The molecule has 0 radical (unpaired) electrons. The summed E-state index contributed by atoms with van der Waals surface area (Å²) < 4.78 is 0. The van der Waals surface area contributed by atoms with E-state index in [4.69, 9.17) is 5.73 Å². The van der Waals surface area contributed by atoms with Crippen molar-refractivity contribution in [3.63, 3.8) is 0 Å². The van der Waals surface area contributed by atoms with Gasteiger partial charge in [0.2, 0.25) is 5.91 Å². The number of anilines is 2. The molecule has 4 N–H and O–H groups in total. The van der Waals surface area contributed by atoms with Crippen molar-refractivity contribution in [1.82, 2.24) is 5.32 Å². The lowest BCUT2D eigenvalue weighted by Crippen LogP contribution is -2.27. The van der Waals surface area contributed by atoms with Gasteiger partial charge in [-0.1, -0.05) is 6.07 Å². The van der Waals surface area contributed by atoms with E-state index in [0.717, 1.165) is 18.5 Å². The molecule has 0 spiro atoms. The fourth-order valence-electron chi connectivity index (χ4n) is 2.12. The van der Waals surface area contributed by atoms with Crippen molar-refractivity contribution < 1.29 is 9.59 Å². The maximum Gasteiger partial charge on any atom is 0.321 e. The topological polar surface area (TPSA) is 87.5 Å². The molecular weight excluding hydrogens is 256 g/mol. The highest BCUT2D eigenvalue weighted by Gasteiger charge is 2.21. The maximum absolute atomic E-state index is 11.7. The van der Waals surface area contributed by atoms with Crippen LogP contribution in [0.5, 0.6) is 0 Å². The first-order valence-corrected chi connectivity index (χ1v) is 6.86. The lowest BCUT2D eigenvalue weighted by Gasteiger charge is -2.15. The Bertz CT molecular complexity index is 490. The summed E-state index contributed by atoms with van der Waals surface area (Å²) in [6, 6.07) is 7.21. The van der Waals surface area contributed by atoms with E-state index >= 15 is 0 Å². The molecule has 6 heteroatoms. The molecule has 108 valence electrons. The van der Waals surface area contributed by atoms with E-state index in [2.05, 4.69) is 10.6 Å². The number of nitrogens with one attached hydrogen (secondary N) is 2. The van der Waals surface area contributed by atoms with Crippen molar-refractivity contribution >= 4 is 23.3 Å². The van der Waals surface area contributed by atoms with Crippen LogP contribution >= 0.6 is 0 Å². The highest BCUT2D eigenvalue weighted by atomic mass is 16.2. The van der Waals surface area contributed by atoms with E-state index in [1.54, 1.807) is 4.90 Å². The molecule has 0 aliphatic carbocycles. The Morgan fingerprint density at radius 3 is 2.95 bits per heavy atom. The number of carbonyl (C=O) groups is 2. The van der Waals surface area contributed by atoms with Crippen LogP contribution in [0.4, 0.5) is 16.2 Å². The van der Waals surface area contributed by atoms with Crippen LogP contribution in [0, 0.1) is 0 Å². The standard InChI is InChI=1S/C14H20N4O2/c15-7-2-1-6-13(19)17-11-4-3-5-12(10-11)18-9-8-16-14(18)20/h3-5,10H,1-2,6-9,15H2,(H,16,20)(H,17,19). The van der Waals surface area contributed by atoms with Gasteiger partial charge in [0, 0.05) is 30.9 Å². The van der Waals surface area contributed by atoms with E-state index in [1.165, 1.54) is 0 Å². The molecule has 1 aliphatic heterocycles. The van der Waals surface area contributed by atoms with Crippen molar-refractivity contribution in [2.75, 3.05) is 29.9 Å². The van der Waals surface area contributed by atoms with Crippen LogP contribution in [0.1, 0.15) is 19.3 Å². The molecule has 1 saturated heterocycles. The minimum absolute atomic E-state index is 0.0264. The van der Waals surface area contributed by atoms with Crippen molar-refractivity contribution in [2.24, 2.45) is 5.73 Å². The smallest absolute Gasteiger partial charge is 0.321 e. The Hall–Kier alpha value is -2.08. The maximum atomic E-state index is 11.7. The molecule has 0 unspecified atom stereocenters. The monoisotopic (exact) mass is 276 g/mol. The second-order valence-corrected chi connectivity index (χ2v) is 4.73. The van der Waals surface area contributed by atoms with Crippen molar-refractivity contribution in [3.05, 3.63) is 24.3 Å². The summed E-state index contributed by atoms with van der Waals surface area (Å²) in [6.07, 6.45) is 2.10. The Labute approximate surface area is 118 Å². The van der Waals surface area contributed by atoms with Crippen LogP contribution in [0.2, 0.25) is 0 Å². The van der Waals surface area contributed by atoms with Gasteiger partial charge in [-0.15, -0.1) is 0 Å². The zero-order valence-corrected chi connectivity index (χ0v) is 11.4. The Kier molecular flexibility index (Phi) is 4.95. The third kappa shape index (κ3) is 3.71. The van der Waals surface area contributed by atoms with E-state index in [1.807, 2.05) is 24.3 Å². The molecule has 0 bridgehead atoms. The van der Waals surface area contributed by atoms with Gasteiger partial charge in [-0.25, -0.2) is 4.79 Å². The van der Waals surface area contributed by atoms with Crippen molar-refractivity contribution in [2.45, 2.75) is 19.3 Å². The van der Waals surface area contributed by atoms with Gasteiger partial charge in [-0.2, -0.15) is 0 Å². The molecule has 0 aromatic heterocycles. The molecule has 2 rings (SSSR count). The SMILES string of the molecule is NCCCCC(=O)Nc1cccc(N2CCNC2=O)c1. The summed E-state index contributed by atoms with van der Waals surface area (Å²) in [6.45, 7) is 1.90. The molecule has 1 fully saturated rings. The zero-order chi connectivity index (χ0) is 14.4. The molecule has 0 atom stereocenters. The predicted molar refractivity (Wildman–Crippen MR) is 78.7 cm³/mol. The van der Waals surface area contributed by atoms with Crippen molar-refractivity contribution in [3.8, 4) is 0 Å². The molecule has 6 nitrogen and oxygen atoms in total. The van der Waals surface area contributed by atoms with Gasteiger partial charge in [-0.3, -0.25) is 9.69 Å². The summed E-state index contributed by atoms with van der Waals surface area (Å²) in [5, 5.41) is 5.59. The third-order valence-electron chi connectivity index (χ3n) is 3.16. The largest absolute Gasteiger partial charge is 0.336 e. The van der Waals surface area contributed by atoms with E-state index < -0.39 is 0 Å². The first-order chi connectivity index (χ1) is 9.70. The third-order valence-corrected chi connectivity index (χ3v) is 3.16. The lowest BCUT2D eigenvalue weighted by molar-refractivity contribution is -0.116. The normalized spacial score (nSPS) is 14.2. The Morgan fingerprint density at radius 2 is 2.25 bits per heavy atom. The number of amides is 3. The Balaban J connectivity index is 1.95. The van der Waals surface area contributed by atoms with E-state index in [-0.39, 0.29) is 11.9 Å². The lowest BCUT2D eigenvalue weighted by atomic mass is 10.2. The second-order valence-electron chi connectivity index (χ2n) is 4.73. The molecular formula is C14H20N4O2. The van der Waals surface area contributed by atoms with Gasteiger partial charge in [0.25, 0.3) is 0 Å². The van der Waals surface area contributed by atoms with Crippen molar-refractivity contribution in [1.29, 1.82) is 0 Å². The van der Waals surface area contributed by atoms with Gasteiger partial charge in [-0.05, 0) is 37.6 Å². The molecule has 1 aliphatic rings. The fourth-order valence-corrected chi connectivity index (χ4v) is 2.12. The van der Waals surface area contributed by atoms with Crippen LogP contribution in [0.15, 0.2) is 24.3 Å². The van der Waals surface area contributed by atoms with E-state index in [0.29, 0.717) is 31.7 Å². The van der Waals surface area contributed by atoms with Crippen LogP contribution in [0.25, 0.3) is 0 Å². The average molecular weight is 276 g/mol. The second kappa shape index (κ2) is 6.91. The number of nitrogens with two attached hydrogens (primary N) is 1. The molecule has 1 aromatic rings. The number of hydrogen-bond acceptors (Lipinski definition) is 3. The highest BCUT2D eigenvalue weighted by Crippen LogP contribution is 2.21. The summed E-state index contributed by atoms with van der Waals surface area (Å²) in [7, 11) is 0. The van der Waals surface area contributed by atoms with Gasteiger partial charge in [0.15, 0.2) is 0 Å². The number of carbonyl (C=O) groups excluding carboxylic acids is 2. The quantitative estimate of drug-likeness (QED) is 0.684. The summed E-state index contributed by atoms with van der Waals surface area (Å²) >= 11 is 0. The molecule has 3 amide bonds. The molecule has 1 aromatic carbocycles. The molecule has 1 heterocycles. The number of unbranched alkanes of at least 4 members (excludes halogenated alkanes) is 1. The number of benzene rings is 1. The minimum atomic E-state index is -0.101. The number of nitrogens with zero attached hydrogens (tertiary/aromatic N) is 1.